The Labute approximate surface area is 113 Å². The second kappa shape index (κ2) is 6.02. The number of aliphatic hydroxyl groups excluding tert-OH is 1. The summed E-state index contributed by atoms with van der Waals surface area (Å²) in [5, 5.41) is 9.09. The van der Waals surface area contributed by atoms with Gasteiger partial charge in [0.2, 0.25) is 10.0 Å². The molecule has 0 bridgehead atoms. The molecule has 0 aromatic heterocycles. The SMILES string of the molecule is CC(C)(CCO)CNS(=O)(=O)c1ccccc1Cl. The van der Waals surface area contributed by atoms with E-state index in [1.165, 1.54) is 12.1 Å². The van der Waals surface area contributed by atoms with Gasteiger partial charge in [0.05, 0.1) is 5.02 Å². The Balaban J connectivity index is 2.81. The van der Waals surface area contributed by atoms with Crippen molar-refractivity contribution in [2.24, 2.45) is 5.41 Å². The van der Waals surface area contributed by atoms with Crippen LogP contribution >= 0.6 is 11.6 Å². The van der Waals surface area contributed by atoms with Crippen molar-refractivity contribution in [1.29, 1.82) is 0 Å². The molecule has 0 spiro atoms. The number of rotatable bonds is 6. The molecule has 0 saturated carbocycles. The molecule has 1 aromatic rings. The number of nitrogens with one attached hydrogen (secondary N) is 1. The summed E-state index contributed by atoms with van der Waals surface area (Å²) in [6.45, 7) is 4.05. The fourth-order valence-electron chi connectivity index (χ4n) is 1.42. The first-order valence-electron chi connectivity index (χ1n) is 5.63. The Hall–Kier alpha value is -0.620. The molecular weight excluding hydrogens is 274 g/mol. The first-order valence-corrected chi connectivity index (χ1v) is 7.50. The fraction of sp³-hybridized carbons (Fsp3) is 0.500. The average molecular weight is 292 g/mol. The molecule has 0 fully saturated rings. The summed E-state index contributed by atoms with van der Waals surface area (Å²) >= 11 is 5.86. The van der Waals surface area contributed by atoms with Crippen LogP contribution in [-0.2, 0) is 10.0 Å². The Bertz CT molecular complexity index is 500. The maximum atomic E-state index is 12.0. The molecule has 0 unspecified atom stereocenters. The lowest BCUT2D eigenvalue weighted by atomic mass is 9.90. The fourth-order valence-corrected chi connectivity index (χ4v) is 3.18. The molecule has 102 valence electrons. The van der Waals surface area contributed by atoms with Crippen LogP contribution < -0.4 is 4.72 Å². The molecule has 0 amide bonds. The molecular formula is C12H18ClNO3S. The van der Waals surface area contributed by atoms with Crippen molar-refractivity contribution >= 4 is 21.6 Å². The van der Waals surface area contributed by atoms with Crippen molar-refractivity contribution in [2.45, 2.75) is 25.2 Å². The number of aliphatic hydroxyl groups is 1. The third kappa shape index (κ3) is 4.24. The zero-order chi connectivity index (χ0) is 13.8. The Morgan fingerprint density at radius 2 is 1.94 bits per heavy atom. The van der Waals surface area contributed by atoms with Gasteiger partial charge in [0, 0.05) is 13.2 Å². The van der Waals surface area contributed by atoms with Crippen LogP contribution in [0.4, 0.5) is 0 Å². The lowest BCUT2D eigenvalue weighted by molar-refractivity contribution is 0.213. The maximum absolute atomic E-state index is 12.0. The van der Waals surface area contributed by atoms with Crippen molar-refractivity contribution in [3.63, 3.8) is 0 Å². The highest BCUT2D eigenvalue weighted by Crippen LogP contribution is 2.23. The van der Waals surface area contributed by atoms with Gasteiger partial charge in [-0.25, -0.2) is 13.1 Å². The van der Waals surface area contributed by atoms with Crippen LogP contribution in [0.1, 0.15) is 20.3 Å². The minimum atomic E-state index is -3.61. The highest BCUT2D eigenvalue weighted by Gasteiger charge is 2.23. The molecule has 0 radical (unpaired) electrons. The topological polar surface area (TPSA) is 66.4 Å². The summed E-state index contributed by atoms with van der Waals surface area (Å²) in [5.74, 6) is 0. The summed E-state index contributed by atoms with van der Waals surface area (Å²) in [7, 11) is -3.61. The van der Waals surface area contributed by atoms with E-state index in [0.29, 0.717) is 6.42 Å². The third-order valence-corrected chi connectivity index (χ3v) is 4.56. The van der Waals surface area contributed by atoms with Gasteiger partial charge in [-0.2, -0.15) is 0 Å². The van der Waals surface area contributed by atoms with E-state index in [1.807, 2.05) is 13.8 Å². The van der Waals surface area contributed by atoms with Gasteiger partial charge in [-0.1, -0.05) is 37.6 Å². The number of sulfonamides is 1. The van der Waals surface area contributed by atoms with Crippen molar-refractivity contribution in [2.75, 3.05) is 13.2 Å². The van der Waals surface area contributed by atoms with E-state index in [2.05, 4.69) is 4.72 Å². The molecule has 1 rings (SSSR count). The van der Waals surface area contributed by atoms with Crippen LogP contribution in [0, 0.1) is 5.41 Å². The molecule has 0 atom stereocenters. The van der Waals surface area contributed by atoms with Crippen molar-refractivity contribution < 1.29 is 13.5 Å². The molecule has 6 heteroatoms. The van der Waals surface area contributed by atoms with Gasteiger partial charge in [-0.3, -0.25) is 0 Å². The summed E-state index contributed by atoms with van der Waals surface area (Å²) < 4.78 is 26.6. The van der Waals surface area contributed by atoms with Crippen molar-refractivity contribution in [3.8, 4) is 0 Å². The Morgan fingerprint density at radius 1 is 1.33 bits per heavy atom. The molecule has 0 heterocycles. The summed E-state index contributed by atoms with van der Waals surface area (Å²) in [6, 6.07) is 6.30. The monoisotopic (exact) mass is 291 g/mol. The van der Waals surface area contributed by atoms with E-state index in [1.54, 1.807) is 12.1 Å². The molecule has 4 nitrogen and oxygen atoms in total. The zero-order valence-electron chi connectivity index (χ0n) is 10.5. The van der Waals surface area contributed by atoms with Crippen LogP contribution in [-0.4, -0.2) is 26.7 Å². The first kappa shape index (κ1) is 15.4. The van der Waals surface area contributed by atoms with Crippen LogP contribution in [0.15, 0.2) is 29.2 Å². The Morgan fingerprint density at radius 3 is 2.50 bits per heavy atom. The first-order chi connectivity index (χ1) is 8.28. The van der Waals surface area contributed by atoms with Gasteiger partial charge in [-0.15, -0.1) is 0 Å². The standard InChI is InChI=1S/C12H18ClNO3S/c1-12(2,7-8-15)9-14-18(16,17)11-6-4-3-5-10(11)13/h3-6,14-15H,7-9H2,1-2H3. The van der Waals surface area contributed by atoms with Gasteiger partial charge in [0.15, 0.2) is 0 Å². The van der Waals surface area contributed by atoms with Crippen molar-refractivity contribution in [1.82, 2.24) is 4.72 Å². The largest absolute Gasteiger partial charge is 0.396 e. The van der Waals surface area contributed by atoms with Gasteiger partial charge in [-0.05, 0) is 24.0 Å². The lowest BCUT2D eigenvalue weighted by Crippen LogP contribution is -2.34. The van der Waals surface area contributed by atoms with E-state index >= 15 is 0 Å². The van der Waals surface area contributed by atoms with E-state index < -0.39 is 10.0 Å². The normalized spacial score (nSPS) is 12.7. The number of benzene rings is 1. The lowest BCUT2D eigenvalue weighted by Gasteiger charge is -2.23. The average Bonchev–Trinajstić information content (AvgIpc) is 2.27. The van der Waals surface area contributed by atoms with Gasteiger partial charge >= 0.3 is 0 Å². The van der Waals surface area contributed by atoms with Gasteiger partial charge in [0.25, 0.3) is 0 Å². The van der Waals surface area contributed by atoms with Crippen LogP contribution in [0.25, 0.3) is 0 Å². The summed E-state index contributed by atoms with van der Waals surface area (Å²) in [4.78, 5) is 0.0754. The van der Waals surface area contributed by atoms with Crippen LogP contribution in [0.2, 0.25) is 5.02 Å². The van der Waals surface area contributed by atoms with Gasteiger partial charge < -0.3 is 5.11 Å². The molecule has 0 aliphatic heterocycles. The third-order valence-electron chi connectivity index (χ3n) is 2.66. The Kier molecular flexibility index (Phi) is 5.16. The minimum Gasteiger partial charge on any atom is -0.396 e. The van der Waals surface area contributed by atoms with E-state index in [-0.39, 0.29) is 28.5 Å². The quantitative estimate of drug-likeness (QED) is 0.843. The van der Waals surface area contributed by atoms with E-state index in [4.69, 9.17) is 16.7 Å². The van der Waals surface area contributed by atoms with E-state index in [0.717, 1.165) is 0 Å². The number of hydrogen-bond donors (Lipinski definition) is 2. The minimum absolute atomic E-state index is 0.0286. The second-order valence-electron chi connectivity index (χ2n) is 4.89. The molecule has 0 aliphatic carbocycles. The highest BCUT2D eigenvalue weighted by atomic mass is 35.5. The summed E-state index contributed by atoms with van der Waals surface area (Å²) in [5.41, 5.74) is -0.303. The molecule has 2 N–H and O–H groups in total. The second-order valence-corrected chi connectivity index (χ2v) is 7.04. The number of halogens is 1. The van der Waals surface area contributed by atoms with E-state index in [9.17, 15) is 8.42 Å². The maximum Gasteiger partial charge on any atom is 0.242 e. The zero-order valence-corrected chi connectivity index (χ0v) is 12.1. The highest BCUT2D eigenvalue weighted by molar-refractivity contribution is 7.89. The van der Waals surface area contributed by atoms with Gasteiger partial charge in [0.1, 0.15) is 4.90 Å². The number of hydrogen-bond acceptors (Lipinski definition) is 3. The molecule has 1 aromatic carbocycles. The van der Waals surface area contributed by atoms with Crippen molar-refractivity contribution in [3.05, 3.63) is 29.3 Å². The van der Waals surface area contributed by atoms with Crippen LogP contribution in [0.5, 0.6) is 0 Å². The smallest absolute Gasteiger partial charge is 0.242 e. The predicted octanol–water partition coefficient (Wildman–Crippen LogP) is 2.03. The molecule has 0 aliphatic rings. The molecule has 18 heavy (non-hydrogen) atoms. The van der Waals surface area contributed by atoms with Crippen LogP contribution in [0.3, 0.4) is 0 Å². The summed E-state index contributed by atoms with van der Waals surface area (Å²) in [6.07, 6.45) is 0.526. The predicted molar refractivity (Wildman–Crippen MR) is 72.1 cm³/mol. The molecule has 0 saturated heterocycles.